The van der Waals surface area contributed by atoms with Crippen molar-refractivity contribution in [3.05, 3.63) is 0 Å². The molecule has 70 heavy (non-hydrogen) atoms. The fourth-order valence-corrected chi connectivity index (χ4v) is 8.93. The number of carbonyl (C=O) groups excluding carboxylic acids is 3. The van der Waals surface area contributed by atoms with Gasteiger partial charge in [-0.3, -0.25) is 14.4 Å². The van der Waals surface area contributed by atoms with Gasteiger partial charge < -0.3 is 83.9 Å². The quantitative estimate of drug-likeness (QED) is 0.0326. The van der Waals surface area contributed by atoms with Crippen molar-refractivity contribution in [3.63, 3.8) is 0 Å². The Morgan fingerprint density at radius 2 is 1.06 bits per heavy atom. The number of hydrogen-bond acceptors (Lipinski definition) is 20. The average Bonchev–Trinajstić information content (AvgIpc) is 3.31. The minimum Gasteiger partial charge on any atom is -0.463 e. The molecule has 3 fully saturated rings. The van der Waals surface area contributed by atoms with E-state index in [2.05, 4.69) is 0 Å². The molecule has 3 aliphatic rings. The van der Waals surface area contributed by atoms with Gasteiger partial charge in [0.2, 0.25) is 0 Å². The first-order valence-corrected chi connectivity index (χ1v) is 26.1. The minimum atomic E-state index is -1.91. The zero-order valence-corrected chi connectivity index (χ0v) is 42.4. The predicted molar refractivity (Wildman–Crippen MR) is 251 cm³/mol. The lowest BCUT2D eigenvalue weighted by molar-refractivity contribution is -0.380. The first-order valence-electron chi connectivity index (χ1n) is 26.1. The highest BCUT2D eigenvalue weighted by Gasteiger charge is 2.52. The summed E-state index contributed by atoms with van der Waals surface area (Å²) in [6.07, 6.45) is -6.28. The van der Waals surface area contributed by atoms with Crippen molar-refractivity contribution in [2.24, 2.45) is 5.92 Å². The highest BCUT2D eigenvalue weighted by atomic mass is 16.8. The third kappa shape index (κ3) is 22.2. The third-order valence-electron chi connectivity index (χ3n) is 13.2. The summed E-state index contributed by atoms with van der Waals surface area (Å²) in [6, 6.07) is 0. The molecule has 3 rings (SSSR count). The van der Waals surface area contributed by atoms with E-state index in [4.69, 9.17) is 37.9 Å². The minimum absolute atomic E-state index is 0.0376. The average molecular weight is 1010 g/mol. The van der Waals surface area contributed by atoms with E-state index < -0.39 is 129 Å². The van der Waals surface area contributed by atoms with E-state index in [1.54, 1.807) is 0 Å². The predicted octanol–water partition coefficient (Wildman–Crippen LogP) is 2.76. The van der Waals surface area contributed by atoms with Gasteiger partial charge >= 0.3 is 11.9 Å². The molecule has 3 heterocycles. The molecule has 17 atom stereocenters. The molecule has 0 aliphatic carbocycles. The van der Waals surface area contributed by atoms with Gasteiger partial charge in [-0.25, -0.2) is 0 Å². The van der Waals surface area contributed by atoms with Crippen molar-refractivity contribution in [2.45, 2.75) is 274 Å². The molecule has 0 spiro atoms. The van der Waals surface area contributed by atoms with Gasteiger partial charge in [-0.1, -0.05) is 111 Å². The molecule has 0 amide bonds. The molecule has 0 saturated carbocycles. The number of esters is 2. The summed E-state index contributed by atoms with van der Waals surface area (Å²) in [6.45, 7) is 6.86. The number of ether oxygens (including phenoxy) is 8. The second-order valence-electron chi connectivity index (χ2n) is 20.0. The number of ketones is 1. The second kappa shape index (κ2) is 33.8. The van der Waals surface area contributed by atoms with Crippen LogP contribution in [0.3, 0.4) is 0 Å². The topological polar surface area (TPSA) is 307 Å². The van der Waals surface area contributed by atoms with Crippen molar-refractivity contribution in [3.8, 4) is 0 Å². The Hall–Kier alpha value is -1.99. The highest BCUT2D eigenvalue weighted by Crippen LogP contribution is 2.33. The van der Waals surface area contributed by atoms with Crippen molar-refractivity contribution in [1.29, 1.82) is 0 Å². The molecule has 0 aromatic rings. The second-order valence-corrected chi connectivity index (χ2v) is 20.0. The van der Waals surface area contributed by atoms with E-state index in [1.165, 1.54) is 39.0 Å². The summed E-state index contributed by atoms with van der Waals surface area (Å²) in [7, 11) is 0. The molecule has 410 valence electrons. The largest absolute Gasteiger partial charge is 0.463 e. The van der Waals surface area contributed by atoms with E-state index in [9.17, 15) is 60.3 Å². The van der Waals surface area contributed by atoms with Crippen molar-refractivity contribution in [2.75, 3.05) is 19.8 Å². The summed E-state index contributed by atoms with van der Waals surface area (Å²) in [5.74, 6) is -1.61. The molecule has 3 aliphatic heterocycles. The molecular formula is C50H90O20. The number of aliphatic hydroxyl groups is 9. The molecule has 3 saturated heterocycles. The Balaban J connectivity index is 1.52. The van der Waals surface area contributed by atoms with E-state index >= 15 is 0 Å². The summed E-state index contributed by atoms with van der Waals surface area (Å²) >= 11 is 0. The number of hydrogen-bond donors (Lipinski definition) is 9. The van der Waals surface area contributed by atoms with E-state index in [-0.39, 0.29) is 24.7 Å². The van der Waals surface area contributed by atoms with Crippen molar-refractivity contribution < 1.29 is 98.2 Å². The first kappa shape index (κ1) is 62.3. The zero-order valence-electron chi connectivity index (χ0n) is 42.4. The van der Waals surface area contributed by atoms with Gasteiger partial charge in [-0.05, 0) is 51.4 Å². The van der Waals surface area contributed by atoms with Gasteiger partial charge in [0.25, 0.3) is 0 Å². The lowest BCUT2D eigenvalue weighted by Crippen LogP contribution is -2.65. The maximum Gasteiger partial charge on any atom is 0.306 e. The van der Waals surface area contributed by atoms with Crippen molar-refractivity contribution in [1.82, 2.24) is 0 Å². The number of carbonyl (C=O) groups is 3. The van der Waals surface area contributed by atoms with Crippen LogP contribution in [-0.4, -0.2) is 188 Å². The van der Waals surface area contributed by atoms with Gasteiger partial charge in [0, 0.05) is 13.3 Å². The molecule has 9 N–H and O–H groups in total. The maximum atomic E-state index is 12.4. The highest BCUT2D eigenvalue weighted by molar-refractivity contribution is 5.80. The molecular weight excluding hydrogens is 921 g/mol. The molecule has 0 aromatic heterocycles. The fraction of sp³-hybridized carbons (Fsp3) is 0.940. The number of Topliss-reactive ketones (excluding diaryl/α,β-unsaturated/α-hetero) is 1. The van der Waals surface area contributed by atoms with Crippen LogP contribution < -0.4 is 0 Å². The van der Waals surface area contributed by atoms with Gasteiger partial charge in [-0.15, -0.1) is 0 Å². The smallest absolute Gasteiger partial charge is 0.306 e. The number of rotatable bonds is 35. The van der Waals surface area contributed by atoms with Crippen LogP contribution in [0.1, 0.15) is 169 Å². The van der Waals surface area contributed by atoms with E-state index in [0.717, 1.165) is 64.7 Å². The summed E-state index contributed by atoms with van der Waals surface area (Å²) in [4.78, 5) is 35.4. The van der Waals surface area contributed by atoms with Gasteiger partial charge in [0.15, 0.2) is 30.8 Å². The molecule has 2 unspecified atom stereocenters. The van der Waals surface area contributed by atoms with Crippen LogP contribution in [0.4, 0.5) is 0 Å². The lowest BCUT2D eigenvalue weighted by atomic mass is 9.98. The SMILES string of the molecule is CCCCC(CCC[C@H](O)C(O)CCCCCCCCCCCCCC[C@H](O)C(C)=O)O[C@H]1OC[C@H](O)[C@@H](O)[C@@H]1O[C@H]1OC[C@H](O)[C@@H](O)[C@@H]1O[C@H]1O[C@@H](COC(=O)CC(C)C)[C@H](OC(C)=O)[C@@H](O)[C@@H]1O. The number of aliphatic hydroxyl groups excluding tert-OH is 9. The van der Waals surface area contributed by atoms with Crippen LogP contribution in [0.25, 0.3) is 0 Å². The lowest BCUT2D eigenvalue weighted by Gasteiger charge is -2.46. The Morgan fingerprint density at radius 1 is 0.571 bits per heavy atom. The summed E-state index contributed by atoms with van der Waals surface area (Å²) < 4.78 is 46.5. The Bertz CT molecular complexity index is 1440. The molecule has 0 radical (unpaired) electrons. The van der Waals surface area contributed by atoms with Crippen molar-refractivity contribution >= 4 is 17.7 Å². The van der Waals surface area contributed by atoms with Crippen LogP contribution in [0, 0.1) is 5.92 Å². The van der Waals surface area contributed by atoms with Crippen LogP contribution in [0.2, 0.25) is 0 Å². The monoisotopic (exact) mass is 1010 g/mol. The number of unbranched alkanes of at least 4 members (excludes halogenated alkanes) is 12. The molecule has 20 nitrogen and oxygen atoms in total. The standard InChI is InChI=1S/C50H90O20/c1-6-7-21-33(22-20-25-36(55)35(54)24-19-17-15-13-11-9-8-10-12-14-16-18-23-34(53)31(4)51)67-49-46(41(59)37(56)27-64-49)70-50-47(42(60)38(57)28-65-50)69-48-44(62)43(61)45(66-32(5)52)39(68-48)29-63-40(58)26-30(2)3/h30,33-39,41-50,53-57,59-62H,6-29H2,1-5H3/t33?,34-,35?,36-,37-,38-,39-,41+,42+,43-,44-,45-,46-,47-,48+,49+,50+/m0/s1. The van der Waals surface area contributed by atoms with Crippen LogP contribution in [-0.2, 0) is 52.3 Å². The summed E-state index contributed by atoms with van der Waals surface area (Å²) in [5.41, 5.74) is 0. The molecule has 0 bridgehead atoms. The first-order chi connectivity index (χ1) is 33.3. The molecule has 20 heteroatoms. The Labute approximate surface area is 414 Å². The Morgan fingerprint density at radius 3 is 1.59 bits per heavy atom. The molecule has 0 aromatic carbocycles. The fourth-order valence-electron chi connectivity index (χ4n) is 8.93. The van der Waals surface area contributed by atoms with E-state index in [0.29, 0.717) is 38.5 Å². The van der Waals surface area contributed by atoms with Gasteiger partial charge in [0.1, 0.15) is 67.6 Å². The summed E-state index contributed by atoms with van der Waals surface area (Å²) in [5, 5.41) is 97.1. The van der Waals surface area contributed by atoms with Crippen LogP contribution in [0.15, 0.2) is 0 Å². The van der Waals surface area contributed by atoms with Gasteiger partial charge in [0.05, 0.1) is 31.5 Å². The van der Waals surface area contributed by atoms with E-state index in [1.807, 2.05) is 20.8 Å². The Kier molecular flexibility index (Phi) is 30.0. The third-order valence-corrected chi connectivity index (χ3v) is 13.2. The maximum absolute atomic E-state index is 12.4. The van der Waals surface area contributed by atoms with Gasteiger partial charge in [-0.2, -0.15) is 0 Å². The normalized spacial score (nSPS) is 31.2. The van der Waals surface area contributed by atoms with Crippen LogP contribution in [0.5, 0.6) is 0 Å². The zero-order chi connectivity index (χ0) is 51.8. The van der Waals surface area contributed by atoms with Crippen LogP contribution >= 0.6 is 0 Å².